The molecule has 1 unspecified atom stereocenters. The van der Waals surface area contributed by atoms with Crippen LogP contribution in [0.15, 0.2) is 77.6 Å². The molecule has 0 saturated heterocycles. The second-order valence-electron chi connectivity index (χ2n) is 8.72. The maximum Gasteiger partial charge on any atom is 0.322 e. The molecular formula is C29H31FN4O3. The van der Waals surface area contributed by atoms with Crippen LogP contribution in [-0.4, -0.2) is 33.6 Å². The summed E-state index contributed by atoms with van der Waals surface area (Å²) in [5.41, 5.74) is 1.30. The molecule has 7 nitrogen and oxygen atoms in total. The Morgan fingerprint density at radius 3 is 2.54 bits per heavy atom. The fourth-order valence-electron chi connectivity index (χ4n) is 4.24. The number of hydrogen-bond donors (Lipinski definition) is 1. The van der Waals surface area contributed by atoms with Crippen molar-refractivity contribution >= 4 is 22.6 Å². The highest BCUT2D eigenvalue weighted by atomic mass is 19.1. The second kappa shape index (κ2) is 11.7. The highest BCUT2D eigenvalue weighted by Crippen LogP contribution is 2.25. The van der Waals surface area contributed by atoms with E-state index in [4.69, 9.17) is 9.72 Å². The van der Waals surface area contributed by atoms with Crippen LogP contribution in [-0.2, 0) is 0 Å². The van der Waals surface area contributed by atoms with Gasteiger partial charge in [-0.3, -0.25) is 9.36 Å². The molecule has 0 bridgehead atoms. The normalized spacial score (nSPS) is 11.8. The molecular weight excluding hydrogens is 471 g/mol. The molecule has 2 amide bonds. The van der Waals surface area contributed by atoms with Gasteiger partial charge in [0.2, 0.25) is 0 Å². The molecule has 0 fully saturated rings. The van der Waals surface area contributed by atoms with E-state index in [9.17, 15) is 14.0 Å². The van der Waals surface area contributed by atoms with Gasteiger partial charge >= 0.3 is 6.03 Å². The fourth-order valence-corrected chi connectivity index (χ4v) is 4.24. The summed E-state index contributed by atoms with van der Waals surface area (Å²) in [6.07, 6.45) is 1.62. The Kier molecular flexibility index (Phi) is 8.18. The Morgan fingerprint density at radius 2 is 1.84 bits per heavy atom. The molecule has 8 heteroatoms. The van der Waals surface area contributed by atoms with Crippen molar-refractivity contribution in [2.24, 2.45) is 0 Å². The summed E-state index contributed by atoms with van der Waals surface area (Å²) >= 11 is 0. The lowest BCUT2D eigenvalue weighted by molar-refractivity contribution is 0.188. The number of urea groups is 1. The van der Waals surface area contributed by atoms with Gasteiger partial charge in [0.1, 0.15) is 17.4 Å². The molecule has 1 N–H and O–H groups in total. The number of ether oxygens (including phenoxy) is 1. The van der Waals surface area contributed by atoms with Crippen LogP contribution in [0.2, 0.25) is 0 Å². The van der Waals surface area contributed by atoms with E-state index in [0.717, 1.165) is 12.8 Å². The van der Waals surface area contributed by atoms with Gasteiger partial charge in [-0.15, -0.1) is 0 Å². The minimum Gasteiger partial charge on any atom is -0.494 e. The summed E-state index contributed by atoms with van der Waals surface area (Å²) in [4.78, 5) is 33.6. The number of halogens is 1. The number of carbonyl (C=O) groups excluding carboxylic acids is 1. The molecule has 0 saturated carbocycles. The van der Waals surface area contributed by atoms with Crippen molar-refractivity contribution in [2.45, 2.75) is 39.7 Å². The molecule has 1 atom stereocenters. The standard InChI is InChI=1S/C29H31FN4O3/c1-4-6-18-33(29(36)31-22-11-9-10-21(30)19-22)20(3)27-32-26-13-8-7-12-25(26)28(35)34(27)23-14-16-24(17-15-23)37-5-2/h7-17,19-20H,4-6,18H2,1-3H3,(H,31,36). The number of fused-ring (bicyclic) bond motifs is 1. The highest BCUT2D eigenvalue weighted by molar-refractivity contribution is 5.89. The van der Waals surface area contributed by atoms with Crippen molar-refractivity contribution in [3.8, 4) is 11.4 Å². The second-order valence-corrected chi connectivity index (χ2v) is 8.72. The zero-order chi connectivity index (χ0) is 26.4. The lowest BCUT2D eigenvalue weighted by Gasteiger charge is -2.30. The Morgan fingerprint density at radius 1 is 1.08 bits per heavy atom. The third-order valence-corrected chi connectivity index (χ3v) is 6.14. The van der Waals surface area contributed by atoms with Gasteiger partial charge in [-0.2, -0.15) is 0 Å². The third-order valence-electron chi connectivity index (χ3n) is 6.14. The average molecular weight is 503 g/mol. The van der Waals surface area contributed by atoms with E-state index in [1.54, 1.807) is 51.9 Å². The maximum absolute atomic E-state index is 13.7. The van der Waals surface area contributed by atoms with Crippen molar-refractivity contribution in [1.82, 2.24) is 14.5 Å². The van der Waals surface area contributed by atoms with Gasteiger partial charge in [0.25, 0.3) is 5.56 Å². The van der Waals surface area contributed by atoms with E-state index in [2.05, 4.69) is 5.32 Å². The number of aromatic nitrogens is 2. The van der Waals surface area contributed by atoms with Gasteiger partial charge in [-0.1, -0.05) is 31.5 Å². The molecule has 37 heavy (non-hydrogen) atoms. The minimum atomic E-state index is -0.566. The first-order valence-corrected chi connectivity index (χ1v) is 12.5. The van der Waals surface area contributed by atoms with Crippen molar-refractivity contribution in [3.05, 3.63) is 94.8 Å². The Balaban J connectivity index is 1.81. The molecule has 0 aliphatic heterocycles. The van der Waals surface area contributed by atoms with Gasteiger partial charge in [-0.25, -0.2) is 14.2 Å². The average Bonchev–Trinajstić information content (AvgIpc) is 2.89. The molecule has 192 valence electrons. The van der Waals surface area contributed by atoms with Crippen molar-refractivity contribution in [1.29, 1.82) is 0 Å². The fraction of sp³-hybridized carbons (Fsp3) is 0.276. The molecule has 4 rings (SSSR count). The molecule has 0 aliphatic rings. The van der Waals surface area contributed by atoms with Gasteiger partial charge in [0.05, 0.1) is 29.2 Å². The quantitative estimate of drug-likeness (QED) is 0.291. The van der Waals surface area contributed by atoms with E-state index in [1.807, 2.05) is 39.0 Å². The molecule has 1 aromatic heterocycles. The van der Waals surface area contributed by atoms with Crippen LogP contribution in [0.4, 0.5) is 14.9 Å². The van der Waals surface area contributed by atoms with Crippen LogP contribution in [0.1, 0.15) is 45.5 Å². The summed E-state index contributed by atoms with van der Waals surface area (Å²) in [6.45, 7) is 6.77. The van der Waals surface area contributed by atoms with Gasteiger partial charge in [0.15, 0.2) is 0 Å². The van der Waals surface area contributed by atoms with E-state index in [1.165, 1.54) is 12.1 Å². The number of anilines is 1. The largest absolute Gasteiger partial charge is 0.494 e. The van der Waals surface area contributed by atoms with Crippen molar-refractivity contribution < 1.29 is 13.9 Å². The molecule has 0 radical (unpaired) electrons. The highest BCUT2D eigenvalue weighted by Gasteiger charge is 2.27. The topological polar surface area (TPSA) is 76.5 Å². The van der Waals surface area contributed by atoms with Crippen LogP contribution in [0.25, 0.3) is 16.6 Å². The molecule has 3 aromatic carbocycles. The van der Waals surface area contributed by atoms with Crippen molar-refractivity contribution in [2.75, 3.05) is 18.5 Å². The number of amides is 2. The number of carbonyl (C=O) groups is 1. The minimum absolute atomic E-state index is 0.224. The lowest BCUT2D eigenvalue weighted by Crippen LogP contribution is -2.40. The van der Waals surface area contributed by atoms with E-state index in [0.29, 0.717) is 47.0 Å². The number of rotatable bonds is 9. The summed E-state index contributed by atoms with van der Waals surface area (Å²) < 4.78 is 20.8. The number of unbranched alkanes of at least 4 members (excludes halogenated alkanes) is 1. The number of para-hydroxylation sites is 1. The number of benzene rings is 3. The molecule has 1 heterocycles. The van der Waals surface area contributed by atoms with E-state index in [-0.39, 0.29) is 5.56 Å². The molecule has 0 spiro atoms. The van der Waals surface area contributed by atoms with Crippen LogP contribution < -0.4 is 15.6 Å². The SMILES string of the molecule is CCCCN(C(=O)Nc1cccc(F)c1)C(C)c1nc2ccccc2c(=O)n1-c1ccc(OCC)cc1. The van der Waals surface area contributed by atoms with Gasteiger partial charge < -0.3 is 15.0 Å². The Hall–Kier alpha value is -4.20. The number of hydrogen-bond acceptors (Lipinski definition) is 4. The summed E-state index contributed by atoms with van der Waals surface area (Å²) in [6, 6.07) is 19.2. The number of nitrogens with one attached hydrogen (secondary N) is 1. The third kappa shape index (κ3) is 5.80. The number of nitrogens with zero attached hydrogens (tertiary/aromatic N) is 3. The van der Waals surface area contributed by atoms with Gasteiger partial charge in [-0.05, 0) is 74.9 Å². The molecule has 4 aromatic rings. The van der Waals surface area contributed by atoms with E-state index < -0.39 is 17.9 Å². The summed E-state index contributed by atoms with van der Waals surface area (Å²) in [7, 11) is 0. The van der Waals surface area contributed by atoms with E-state index >= 15 is 0 Å². The predicted molar refractivity (Wildman–Crippen MR) is 144 cm³/mol. The van der Waals surface area contributed by atoms with Crippen LogP contribution in [0.5, 0.6) is 5.75 Å². The zero-order valence-corrected chi connectivity index (χ0v) is 21.3. The van der Waals surface area contributed by atoms with Gasteiger partial charge in [0, 0.05) is 12.2 Å². The summed E-state index contributed by atoms with van der Waals surface area (Å²) in [5, 5.41) is 3.27. The van der Waals surface area contributed by atoms with Crippen molar-refractivity contribution in [3.63, 3.8) is 0 Å². The van der Waals surface area contributed by atoms with Crippen LogP contribution in [0, 0.1) is 5.82 Å². The summed E-state index contributed by atoms with van der Waals surface area (Å²) in [5.74, 6) is 0.687. The maximum atomic E-state index is 13.7. The van der Waals surface area contributed by atoms with Crippen LogP contribution >= 0.6 is 0 Å². The first-order chi connectivity index (χ1) is 17.9. The first kappa shape index (κ1) is 25.9. The lowest BCUT2D eigenvalue weighted by atomic mass is 10.1. The van der Waals surface area contributed by atoms with Crippen LogP contribution in [0.3, 0.4) is 0 Å². The Bertz CT molecular complexity index is 1440. The molecule has 0 aliphatic carbocycles. The first-order valence-electron chi connectivity index (χ1n) is 12.5. The monoisotopic (exact) mass is 502 g/mol. The Labute approximate surface area is 215 Å². The zero-order valence-electron chi connectivity index (χ0n) is 21.3. The smallest absolute Gasteiger partial charge is 0.322 e. The predicted octanol–water partition coefficient (Wildman–Crippen LogP) is 6.32.